The van der Waals surface area contributed by atoms with E-state index in [1.54, 1.807) is 7.05 Å². The van der Waals surface area contributed by atoms with E-state index >= 15 is 0 Å². The van der Waals surface area contributed by atoms with Gasteiger partial charge in [-0.3, -0.25) is 4.72 Å². The van der Waals surface area contributed by atoms with Crippen LogP contribution >= 0.6 is 15.9 Å². The van der Waals surface area contributed by atoms with Crippen LogP contribution in [0.2, 0.25) is 0 Å². The molecule has 17 heavy (non-hydrogen) atoms. The Morgan fingerprint density at radius 2 is 2.12 bits per heavy atom. The van der Waals surface area contributed by atoms with E-state index in [1.807, 2.05) is 0 Å². The van der Waals surface area contributed by atoms with E-state index in [0.29, 0.717) is 18.7 Å². The summed E-state index contributed by atoms with van der Waals surface area (Å²) in [6.45, 7) is 0.633. The van der Waals surface area contributed by atoms with E-state index in [0.717, 1.165) is 0 Å². The first-order chi connectivity index (χ1) is 7.94. The fourth-order valence-corrected chi connectivity index (χ4v) is 2.72. The van der Waals surface area contributed by atoms with Crippen LogP contribution in [0.5, 0.6) is 0 Å². The van der Waals surface area contributed by atoms with Gasteiger partial charge in [-0.15, -0.1) is 0 Å². The molecule has 0 amide bonds. The van der Waals surface area contributed by atoms with E-state index in [2.05, 4.69) is 26.0 Å². The van der Waals surface area contributed by atoms with Crippen molar-refractivity contribution in [2.75, 3.05) is 24.1 Å². The number of nitrogens with one attached hydrogen (secondary N) is 2. The van der Waals surface area contributed by atoms with Gasteiger partial charge in [0, 0.05) is 5.69 Å². The Hall–Kier alpha value is -0.660. The van der Waals surface area contributed by atoms with E-state index in [9.17, 15) is 12.8 Å². The predicted octanol–water partition coefficient (Wildman–Crippen LogP) is 1.94. The minimum Gasteiger partial charge on any atom is -0.320 e. The summed E-state index contributed by atoms with van der Waals surface area (Å²) >= 11 is 3.00. The predicted molar refractivity (Wildman–Crippen MR) is 70.1 cm³/mol. The Balaban J connectivity index is 2.66. The molecule has 96 valence electrons. The summed E-state index contributed by atoms with van der Waals surface area (Å²) in [7, 11) is -1.61. The zero-order chi connectivity index (χ0) is 12.9. The Bertz CT molecular complexity index is 479. The third kappa shape index (κ3) is 5.01. The van der Waals surface area contributed by atoms with Crippen molar-refractivity contribution in [3.63, 3.8) is 0 Å². The molecule has 1 aromatic rings. The molecule has 0 fully saturated rings. The summed E-state index contributed by atoms with van der Waals surface area (Å²) < 4.78 is 38.8. The molecule has 2 N–H and O–H groups in total. The van der Waals surface area contributed by atoms with Gasteiger partial charge in [-0.05, 0) is 54.1 Å². The Labute approximate surface area is 109 Å². The topological polar surface area (TPSA) is 58.2 Å². The zero-order valence-electron chi connectivity index (χ0n) is 9.33. The standard InChI is InChI=1S/C10H14BrFN2O2S/c1-13-5-2-6-17(15,16)14-8-3-4-10(12)9(11)7-8/h3-4,7,13-14H,2,5-6H2,1H3. The number of anilines is 1. The van der Waals surface area contributed by atoms with Gasteiger partial charge >= 0.3 is 0 Å². The molecule has 0 bridgehead atoms. The number of sulfonamides is 1. The SMILES string of the molecule is CNCCCS(=O)(=O)Nc1ccc(F)c(Br)c1. The fourth-order valence-electron chi connectivity index (χ4n) is 1.23. The molecule has 0 radical (unpaired) electrons. The number of benzene rings is 1. The molecule has 0 spiro atoms. The van der Waals surface area contributed by atoms with Crippen LogP contribution in [0.15, 0.2) is 22.7 Å². The molecule has 4 nitrogen and oxygen atoms in total. The van der Waals surface area contributed by atoms with Crippen molar-refractivity contribution in [3.8, 4) is 0 Å². The molecular formula is C10H14BrFN2O2S. The van der Waals surface area contributed by atoms with Gasteiger partial charge in [0.05, 0.1) is 10.2 Å². The number of hydrogen-bond donors (Lipinski definition) is 2. The van der Waals surface area contributed by atoms with Gasteiger partial charge in [0.1, 0.15) is 5.82 Å². The molecule has 1 rings (SSSR count). The second-order valence-corrected chi connectivity index (χ2v) is 6.20. The quantitative estimate of drug-likeness (QED) is 0.786. The molecule has 0 aliphatic carbocycles. The minimum absolute atomic E-state index is 0.0306. The van der Waals surface area contributed by atoms with Crippen molar-refractivity contribution in [1.82, 2.24) is 5.32 Å². The average molecular weight is 325 g/mol. The zero-order valence-corrected chi connectivity index (χ0v) is 11.7. The summed E-state index contributed by atoms with van der Waals surface area (Å²) in [5, 5.41) is 2.87. The molecule has 0 heterocycles. The van der Waals surface area contributed by atoms with Crippen molar-refractivity contribution in [3.05, 3.63) is 28.5 Å². The molecule has 0 aromatic heterocycles. The highest BCUT2D eigenvalue weighted by atomic mass is 79.9. The van der Waals surface area contributed by atoms with E-state index in [-0.39, 0.29) is 10.2 Å². The van der Waals surface area contributed by atoms with Crippen LogP contribution in [-0.2, 0) is 10.0 Å². The molecule has 1 aromatic carbocycles. The van der Waals surface area contributed by atoms with Crippen LogP contribution in [0.1, 0.15) is 6.42 Å². The molecule has 0 saturated heterocycles. The lowest BCUT2D eigenvalue weighted by molar-refractivity contribution is 0.596. The van der Waals surface area contributed by atoms with Gasteiger partial charge in [0.2, 0.25) is 10.0 Å². The van der Waals surface area contributed by atoms with Gasteiger partial charge in [-0.1, -0.05) is 0 Å². The highest BCUT2D eigenvalue weighted by molar-refractivity contribution is 9.10. The lowest BCUT2D eigenvalue weighted by Gasteiger charge is -2.08. The van der Waals surface area contributed by atoms with E-state index in [1.165, 1.54) is 18.2 Å². The van der Waals surface area contributed by atoms with Gasteiger partial charge in [0.25, 0.3) is 0 Å². The average Bonchev–Trinajstić information content (AvgIpc) is 2.23. The van der Waals surface area contributed by atoms with E-state index in [4.69, 9.17) is 0 Å². The van der Waals surface area contributed by atoms with Crippen LogP contribution in [0, 0.1) is 5.82 Å². The van der Waals surface area contributed by atoms with Gasteiger partial charge in [0.15, 0.2) is 0 Å². The second-order valence-electron chi connectivity index (χ2n) is 3.51. The van der Waals surface area contributed by atoms with Crippen molar-refractivity contribution in [2.45, 2.75) is 6.42 Å². The lowest BCUT2D eigenvalue weighted by atomic mass is 10.3. The van der Waals surface area contributed by atoms with Crippen LogP contribution in [0.4, 0.5) is 10.1 Å². The normalized spacial score (nSPS) is 11.5. The molecule has 0 saturated carbocycles. The third-order valence-corrected chi connectivity index (χ3v) is 4.01. The number of rotatable bonds is 6. The summed E-state index contributed by atoms with van der Waals surface area (Å²) in [5.41, 5.74) is 0.350. The van der Waals surface area contributed by atoms with Crippen LogP contribution < -0.4 is 10.0 Å². The van der Waals surface area contributed by atoms with Crippen LogP contribution in [0.3, 0.4) is 0 Å². The van der Waals surface area contributed by atoms with Crippen LogP contribution in [-0.4, -0.2) is 27.8 Å². The van der Waals surface area contributed by atoms with Gasteiger partial charge in [-0.25, -0.2) is 12.8 Å². The van der Waals surface area contributed by atoms with Crippen LogP contribution in [0.25, 0.3) is 0 Å². The minimum atomic E-state index is -3.37. The molecule has 0 aliphatic heterocycles. The Morgan fingerprint density at radius 1 is 1.41 bits per heavy atom. The highest BCUT2D eigenvalue weighted by Crippen LogP contribution is 2.20. The summed E-state index contributed by atoms with van der Waals surface area (Å²) in [4.78, 5) is 0. The maximum Gasteiger partial charge on any atom is 0.232 e. The fraction of sp³-hybridized carbons (Fsp3) is 0.400. The van der Waals surface area contributed by atoms with Crippen molar-refractivity contribution < 1.29 is 12.8 Å². The van der Waals surface area contributed by atoms with Gasteiger partial charge in [-0.2, -0.15) is 0 Å². The third-order valence-electron chi connectivity index (χ3n) is 2.03. The first kappa shape index (κ1) is 14.4. The molecular weight excluding hydrogens is 311 g/mol. The maximum absolute atomic E-state index is 12.9. The van der Waals surface area contributed by atoms with Crippen molar-refractivity contribution >= 4 is 31.6 Å². The largest absolute Gasteiger partial charge is 0.320 e. The molecule has 0 aliphatic rings. The maximum atomic E-state index is 12.9. The summed E-state index contributed by atoms with van der Waals surface area (Å²) in [5.74, 6) is -0.397. The first-order valence-electron chi connectivity index (χ1n) is 5.05. The smallest absolute Gasteiger partial charge is 0.232 e. The Morgan fingerprint density at radius 3 is 2.71 bits per heavy atom. The lowest BCUT2D eigenvalue weighted by Crippen LogP contribution is -2.20. The van der Waals surface area contributed by atoms with E-state index < -0.39 is 15.8 Å². The highest BCUT2D eigenvalue weighted by Gasteiger charge is 2.10. The monoisotopic (exact) mass is 324 g/mol. The summed E-state index contributed by atoms with van der Waals surface area (Å²) in [6.07, 6.45) is 0.522. The van der Waals surface area contributed by atoms with Crippen molar-refractivity contribution in [2.24, 2.45) is 0 Å². The van der Waals surface area contributed by atoms with Gasteiger partial charge < -0.3 is 5.32 Å². The Kier molecular flexibility index (Phi) is 5.35. The number of halogens is 2. The van der Waals surface area contributed by atoms with Crippen molar-refractivity contribution in [1.29, 1.82) is 0 Å². The summed E-state index contributed by atoms with van der Waals surface area (Å²) in [6, 6.07) is 3.98. The number of hydrogen-bond acceptors (Lipinski definition) is 3. The molecule has 0 atom stereocenters. The second kappa shape index (κ2) is 6.32. The molecule has 0 unspecified atom stereocenters. The molecule has 7 heteroatoms. The first-order valence-corrected chi connectivity index (χ1v) is 7.49.